The van der Waals surface area contributed by atoms with Crippen molar-refractivity contribution >= 4 is 5.97 Å². The van der Waals surface area contributed by atoms with Crippen LogP contribution in [-0.2, 0) is 9.53 Å². The Morgan fingerprint density at radius 1 is 1.33 bits per heavy atom. The number of hydrogen-bond acceptors (Lipinski definition) is 5. The van der Waals surface area contributed by atoms with Crippen LogP contribution >= 0.6 is 0 Å². The first-order chi connectivity index (χ1) is 6.75. The van der Waals surface area contributed by atoms with Gasteiger partial charge in [0.2, 0.25) is 0 Å². The lowest BCUT2D eigenvalue weighted by Gasteiger charge is -2.25. The predicted molar refractivity (Wildman–Crippen MR) is 56.4 cm³/mol. The number of hydrogen-bond donors (Lipinski definition) is 3. The lowest BCUT2D eigenvalue weighted by molar-refractivity contribution is -0.160. The molecule has 5 heteroatoms. The van der Waals surface area contributed by atoms with E-state index in [0.717, 1.165) is 0 Å². The largest absolute Gasteiger partial charge is 0.467 e. The summed E-state index contributed by atoms with van der Waals surface area (Å²) in [6.07, 6.45) is 0.598. The molecular formula is C10H21NO4. The van der Waals surface area contributed by atoms with Crippen LogP contribution in [0.1, 0.15) is 27.2 Å². The Kier molecular flexibility index (Phi) is 5.20. The van der Waals surface area contributed by atoms with Crippen molar-refractivity contribution in [3.63, 3.8) is 0 Å². The zero-order chi connectivity index (χ0) is 12.1. The SMILES string of the molecule is CCC(C)(O)CNCC(C)(O)C(=O)OC. The number of ether oxygens (including phenoxy) is 1. The van der Waals surface area contributed by atoms with Crippen molar-refractivity contribution in [2.75, 3.05) is 20.2 Å². The highest BCUT2D eigenvalue weighted by atomic mass is 16.5. The summed E-state index contributed by atoms with van der Waals surface area (Å²) in [4.78, 5) is 11.1. The summed E-state index contributed by atoms with van der Waals surface area (Å²) in [6, 6.07) is 0. The predicted octanol–water partition coefficient (Wildman–Crippen LogP) is -0.339. The van der Waals surface area contributed by atoms with E-state index in [0.29, 0.717) is 13.0 Å². The third-order valence-corrected chi connectivity index (χ3v) is 2.36. The topological polar surface area (TPSA) is 78.8 Å². The summed E-state index contributed by atoms with van der Waals surface area (Å²) in [5.74, 6) is -0.689. The molecule has 0 saturated heterocycles. The third-order valence-electron chi connectivity index (χ3n) is 2.36. The molecule has 0 aliphatic heterocycles. The van der Waals surface area contributed by atoms with Crippen LogP contribution in [0.25, 0.3) is 0 Å². The van der Waals surface area contributed by atoms with Gasteiger partial charge < -0.3 is 20.3 Å². The minimum Gasteiger partial charge on any atom is -0.467 e. The van der Waals surface area contributed by atoms with E-state index in [-0.39, 0.29) is 6.54 Å². The summed E-state index contributed by atoms with van der Waals surface area (Å²) >= 11 is 0. The molecule has 0 aromatic carbocycles. The van der Waals surface area contributed by atoms with E-state index in [1.807, 2.05) is 6.92 Å². The fraction of sp³-hybridized carbons (Fsp3) is 0.900. The van der Waals surface area contributed by atoms with Gasteiger partial charge in [-0.3, -0.25) is 0 Å². The molecule has 0 fully saturated rings. The second-order valence-electron chi connectivity index (χ2n) is 4.22. The van der Waals surface area contributed by atoms with Crippen molar-refractivity contribution in [1.29, 1.82) is 0 Å². The van der Waals surface area contributed by atoms with Crippen molar-refractivity contribution in [2.45, 2.75) is 38.4 Å². The number of carbonyl (C=O) groups excluding carboxylic acids is 1. The second-order valence-corrected chi connectivity index (χ2v) is 4.22. The molecule has 0 bridgehead atoms. The van der Waals surface area contributed by atoms with Crippen molar-refractivity contribution < 1.29 is 19.7 Å². The monoisotopic (exact) mass is 219 g/mol. The highest BCUT2D eigenvalue weighted by Gasteiger charge is 2.31. The van der Waals surface area contributed by atoms with Crippen molar-refractivity contribution in [3.8, 4) is 0 Å². The van der Waals surface area contributed by atoms with Crippen LogP contribution in [0.3, 0.4) is 0 Å². The van der Waals surface area contributed by atoms with Gasteiger partial charge in [0.25, 0.3) is 0 Å². The van der Waals surface area contributed by atoms with Crippen molar-refractivity contribution in [1.82, 2.24) is 5.32 Å². The van der Waals surface area contributed by atoms with Crippen LogP contribution in [-0.4, -0.2) is 47.6 Å². The normalized spacial score (nSPS) is 19.1. The average Bonchev–Trinajstić information content (AvgIpc) is 2.16. The maximum atomic E-state index is 11.1. The molecule has 0 aromatic rings. The molecule has 2 atom stereocenters. The Morgan fingerprint density at radius 3 is 2.27 bits per heavy atom. The summed E-state index contributed by atoms with van der Waals surface area (Å²) in [7, 11) is 1.22. The zero-order valence-corrected chi connectivity index (χ0v) is 9.83. The Hall–Kier alpha value is -0.650. The number of aliphatic hydroxyl groups is 2. The molecule has 90 valence electrons. The molecule has 0 radical (unpaired) electrons. The van der Waals surface area contributed by atoms with E-state index in [2.05, 4.69) is 10.1 Å². The van der Waals surface area contributed by atoms with Gasteiger partial charge in [-0.15, -0.1) is 0 Å². The minimum atomic E-state index is -1.56. The van der Waals surface area contributed by atoms with Crippen LogP contribution in [0.15, 0.2) is 0 Å². The fourth-order valence-corrected chi connectivity index (χ4v) is 0.992. The van der Waals surface area contributed by atoms with Gasteiger partial charge in [0.05, 0.1) is 12.7 Å². The van der Waals surface area contributed by atoms with E-state index in [9.17, 15) is 15.0 Å². The molecule has 0 amide bonds. The molecular weight excluding hydrogens is 198 g/mol. The molecule has 0 aliphatic rings. The number of carbonyl (C=O) groups is 1. The quantitative estimate of drug-likeness (QED) is 0.533. The lowest BCUT2D eigenvalue weighted by Crippen LogP contribution is -2.49. The average molecular weight is 219 g/mol. The number of rotatable bonds is 6. The Bertz CT molecular complexity index is 213. The molecule has 0 spiro atoms. The number of methoxy groups -OCH3 is 1. The second kappa shape index (κ2) is 5.44. The lowest BCUT2D eigenvalue weighted by atomic mass is 10.0. The van der Waals surface area contributed by atoms with Gasteiger partial charge in [-0.1, -0.05) is 6.92 Å². The molecule has 0 heterocycles. The molecule has 15 heavy (non-hydrogen) atoms. The van der Waals surface area contributed by atoms with E-state index in [1.54, 1.807) is 6.92 Å². The summed E-state index contributed by atoms with van der Waals surface area (Å²) in [6.45, 7) is 5.28. The number of esters is 1. The summed E-state index contributed by atoms with van der Waals surface area (Å²) in [5.41, 5.74) is -2.38. The maximum absolute atomic E-state index is 11.1. The summed E-state index contributed by atoms with van der Waals surface area (Å²) in [5, 5.41) is 22.1. The highest BCUT2D eigenvalue weighted by molar-refractivity contribution is 5.78. The number of nitrogens with one attached hydrogen (secondary N) is 1. The van der Waals surface area contributed by atoms with Gasteiger partial charge in [-0.05, 0) is 20.3 Å². The van der Waals surface area contributed by atoms with Gasteiger partial charge in [-0.25, -0.2) is 4.79 Å². The Balaban J connectivity index is 4.00. The Morgan fingerprint density at radius 2 is 1.87 bits per heavy atom. The minimum absolute atomic E-state index is 0.0514. The standard InChI is InChI=1S/C10H21NO4/c1-5-9(2,13)6-11-7-10(3,14)8(12)15-4/h11,13-14H,5-7H2,1-4H3. The zero-order valence-electron chi connectivity index (χ0n) is 9.83. The van der Waals surface area contributed by atoms with Crippen LogP contribution in [0.5, 0.6) is 0 Å². The van der Waals surface area contributed by atoms with Gasteiger partial charge in [0.15, 0.2) is 5.60 Å². The first kappa shape index (κ1) is 14.3. The maximum Gasteiger partial charge on any atom is 0.338 e. The van der Waals surface area contributed by atoms with E-state index >= 15 is 0 Å². The van der Waals surface area contributed by atoms with E-state index in [1.165, 1.54) is 14.0 Å². The van der Waals surface area contributed by atoms with Crippen LogP contribution < -0.4 is 5.32 Å². The van der Waals surface area contributed by atoms with Crippen molar-refractivity contribution in [2.24, 2.45) is 0 Å². The van der Waals surface area contributed by atoms with Crippen LogP contribution in [0.4, 0.5) is 0 Å². The molecule has 2 unspecified atom stereocenters. The Labute approximate surface area is 90.4 Å². The highest BCUT2D eigenvalue weighted by Crippen LogP contribution is 2.08. The molecule has 3 N–H and O–H groups in total. The van der Waals surface area contributed by atoms with E-state index in [4.69, 9.17) is 0 Å². The molecule has 5 nitrogen and oxygen atoms in total. The van der Waals surface area contributed by atoms with Crippen molar-refractivity contribution in [3.05, 3.63) is 0 Å². The van der Waals surface area contributed by atoms with E-state index < -0.39 is 17.2 Å². The molecule has 0 rings (SSSR count). The van der Waals surface area contributed by atoms with Gasteiger partial charge in [-0.2, -0.15) is 0 Å². The molecule has 0 aliphatic carbocycles. The first-order valence-corrected chi connectivity index (χ1v) is 4.99. The fourth-order valence-electron chi connectivity index (χ4n) is 0.992. The van der Waals surface area contributed by atoms with Crippen LogP contribution in [0.2, 0.25) is 0 Å². The summed E-state index contributed by atoms with van der Waals surface area (Å²) < 4.78 is 4.43. The molecule has 0 saturated carbocycles. The first-order valence-electron chi connectivity index (χ1n) is 4.99. The van der Waals surface area contributed by atoms with Gasteiger partial charge in [0, 0.05) is 13.1 Å². The van der Waals surface area contributed by atoms with Gasteiger partial charge in [0.1, 0.15) is 0 Å². The van der Waals surface area contributed by atoms with Crippen LogP contribution in [0, 0.1) is 0 Å². The third kappa shape index (κ3) is 5.11. The smallest absolute Gasteiger partial charge is 0.338 e. The molecule has 0 aromatic heterocycles. The van der Waals surface area contributed by atoms with Gasteiger partial charge >= 0.3 is 5.97 Å².